The van der Waals surface area contributed by atoms with Crippen molar-refractivity contribution in [2.75, 3.05) is 130 Å². The lowest BCUT2D eigenvalue weighted by Gasteiger charge is -2.29. The van der Waals surface area contributed by atoms with Gasteiger partial charge in [0.2, 0.25) is 29.7 Å². The number of carbonyl (C=O) groups is 4. The van der Waals surface area contributed by atoms with E-state index in [-0.39, 0.29) is 35.5 Å². The largest absolute Gasteiger partial charge is 0.378 e. The van der Waals surface area contributed by atoms with E-state index >= 15 is 0 Å². The number of hydrogen-bond donors (Lipinski definition) is 5. The zero-order chi connectivity index (χ0) is 94.3. The Bertz CT molecular complexity index is 5930. The number of nitrogens with zero attached hydrogens (tertiary/aromatic N) is 13. The molecule has 9 aromatic carbocycles. The van der Waals surface area contributed by atoms with Crippen molar-refractivity contribution in [1.82, 2.24) is 39.9 Å². The SMILES string of the molecule is C=CC(=O)Cc1cccc(-c2cc(C)nc(Nc3cccc(N4CCCCC4)c3)n2)c1.C=CC(=O)Cc1cccc(-c2cc(Cl)nc(Nc3cccc(N4CCCCC4)c3)n2)c1.C=CC(=O)Cc1cccc(-c2cc(F)nc(Nc3cccc(N4CCCCC4)c3)n2)c1.C=CC(=O)Cc1cccc(-c2cc(Nc3ccc(N4CCOCC4)cc3)nc(Nc3cccc(N4CCCCC4)c3)n2)c1. The second-order valence-corrected chi connectivity index (χ2v) is 34.7. The molecule has 23 nitrogen and oxygen atoms in total. The van der Waals surface area contributed by atoms with Gasteiger partial charge in [-0.3, -0.25) is 19.2 Å². The number of rotatable bonds is 31. The molecule has 5 aliphatic rings. The minimum atomic E-state index is -0.618. The van der Waals surface area contributed by atoms with Gasteiger partial charge in [0.25, 0.3) is 0 Å². The Morgan fingerprint density at radius 3 is 0.985 bits per heavy atom. The van der Waals surface area contributed by atoms with Gasteiger partial charge in [-0.05, 0) is 258 Å². The van der Waals surface area contributed by atoms with E-state index in [9.17, 15) is 23.6 Å². The molecule has 0 unspecified atom stereocenters. The van der Waals surface area contributed by atoms with Crippen LogP contribution in [0.25, 0.3) is 45.0 Å². The molecule has 0 aliphatic carbocycles. The van der Waals surface area contributed by atoms with Crippen molar-refractivity contribution >= 4 is 121 Å². The summed E-state index contributed by atoms with van der Waals surface area (Å²) in [5.74, 6) is 1.65. The third kappa shape index (κ3) is 28.1. The molecule has 4 aromatic heterocycles. The van der Waals surface area contributed by atoms with Gasteiger partial charge in [0, 0.05) is 194 Å². The molecule has 25 heteroatoms. The fraction of sp³-hybridized carbons (Fsp3) is 0.261. The highest BCUT2D eigenvalue weighted by Gasteiger charge is 2.22. The molecule has 13 aromatic rings. The molecule has 0 amide bonds. The van der Waals surface area contributed by atoms with Gasteiger partial charge in [-0.2, -0.15) is 14.4 Å². The summed E-state index contributed by atoms with van der Waals surface area (Å²) in [5, 5.41) is 17.1. The number of hydrogen-bond acceptors (Lipinski definition) is 23. The molecule has 9 heterocycles. The number of carbonyl (C=O) groups excluding carboxylic acids is 4. The number of allylic oxidation sites excluding steroid dienone is 4. The Balaban J connectivity index is 0.000000139. The van der Waals surface area contributed by atoms with E-state index in [1.807, 2.05) is 159 Å². The zero-order valence-corrected chi connectivity index (χ0v) is 77.9. The average molecular weight is 1840 g/mol. The molecule has 0 radical (unpaired) electrons. The molecular weight excluding hydrogens is 1720 g/mol. The third-order valence-electron chi connectivity index (χ3n) is 24.1. The second-order valence-electron chi connectivity index (χ2n) is 34.3. The van der Waals surface area contributed by atoms with E-state index in [4.69, 9.17) is 31.3 Å². The van der Waals surface area contributed by atoms with Crippen LogP contribution in [0.15, 0.2) is 293 Å². The van der Waals surface area contributed by atoms with Gasteiger partial charge >= 0.3 is 0 Å². The van der Waals surface area contributed by atoms with Crippen LogP contribution in [0.2, 0.25) is 5.15 Å². The molecule has 0 atom stereocenters. The summed E-state index contributed by atoms with van der Waals surface area (Å²) in [6, 6.07) is 79.4. The Labute approximate surface area is 801 Å². The second kappa shape index (κ2) is 48.2. The van der Waals surface area contributed by atoms with Crippen LogP contribution >= 0.6 is 11.6 Å². The van der Waals surface area contributed by atoms with Crippen molar-refractivity contribution < 1.29 is 28.3 Å². The maximum atomic E-state index is 14.3. The molecule has 694 valence electrons. The van der Waals surface area contributed by atoms with Crippen molar-refractivity contribution in [3.63, 3.8) is 0 Å². The highest BCUT2D eigenvalue weighted by molar-refractivity contribution is 6.29. The highest BCUT2D eigenvalue weighted by Crippen LogP contribution is 2.35. The van der Waals surface area contributed by atoms with Gasteiger partial charge in [-0.25, -0.2) is 29.9 Å². The lowest BCUT2D eigenvalue weighted by Crippen LogP contribution is -2.36. The number of benzene rings is 9. The van der Waals surface area contributed by atoms with Crippen LogP contribution in [-0.4, -0.2) is 142 Å². The number of piperidine rings is 4. The van der Waals surface area contributed by atoms with E-state index in [0.29, 0.717) is 59.5 Å². The van der Waals surface area contributed by atoms with Crippen LogP contribution in [0.3, 0.4) is 0 Å². The van der Waals surface area contributed by atoms with Gasteiger partial charge in [-0.15, -0.1) is 0 Å². The van der Waals surface area contributed by atoms with E-state index in [1.165, 1.54) is 130 Å². The minimum absolute atomic E-state index is 0.00645. The Morgan fingerprint density at radius 2 is 0.625 bits per heavy atom. The van der Waals surface area contributed by atoms with E-state index in [0.717, 1.165) is 174 Å². The molecule has 18 rings (SSSR count). The van der Waals surface area contributed by atoms with Crippen LogP contribution in [0.1, 0.15) is 105 Å². The predicted octanol–water partition coefficient (Wildman–Crippen LogP) is 23.4. The van der Waals surface area contributed by atoms with E-state index in [2.05, 4.69) is 181 Å². The number of aromatic nitrogens is 8. The van der Waals surface area contributed by atoms with Crippen molar-refractivity contribution in [2.24, 2.45) is 0 Å². The zero-order valence-electron chi connectivity index (χ0n) is 77.1. The Hall–Kier alpha value is -14.9. The third-order valence-corrected chi connectivity index (χ3v) is 24.3. The fourth-order valence-electron chi connectivity index (χ4n) is 17.2. The quantitative estimate of drug-likeness (QED) is 0.0200. The van der Waals surface area contributed by atoms with Crippen LogP contribution in [0.4, 0.5) is 90.9 Å². The molecule has 5 aliphatic heterocycles. The van der Waals surface area contributed by atoms with Crippen LogP contribution in [0, 0.1) is 12.9 Å². The maximum Gasteiger partial charge on any atom is 0.230 e. The van der Waals surface area contributed by atoms with Crippen LogP contribution < -0.4 is 51.1 Å². The summed E-state index contributed by atoms with van der Waals surface area (Å²) in [7, 11) is 0. The minimum Gasteiger partial charge on any atom is -0.378 e. The lowest BCUT2D eigenvalue weighted by atomic mass is 10.0. The normalized spacial score (nSPS) is 14.1. The van der Waals surface area contributed by atoms with Gasteiger partial charge in [0.1, 0.15) is 11.0 Å². The molecule has 5 saturated heterocycles. The van der Waals surface area contributed by atoms with E-state index in [1.54, 1.807) is 6.07 Å². The number of nitrogens with one attached hydrogen (secondary N) is 5. The molecule has 0 bridgehead atoms. The summed E-state index contributed by atoms with van der Waals surface area (Å²) in [6.07, 6.45) is 21.6. The molecule has 5 fully saturated rings. The Morgan fingerprint density at radius 1 is 0.316 bits per heavy atom. The Kier molecular flexibility index (Phi) is 33.9. The monoisotopic (exact) mass is 1830 g/mol. The van der Waals surface area contributed by atoms with Gasteiger partial charge in [0.15, 0.2) is 23.1 Å². The van der Waals surface area contributed by atoms with E-state index < -0.39 is 5.95 Å². The molecular formula is C111H116ClFN18O5. The highest BCUT2D eigenvalue weighted by atomic mass is 35.5. The molecule has 0 spiro atoms. The lowest BCUT2D eigenvalue weighted by molar-refractivity contribution is -0.114. The number of ether oxygens (including phenoxy) is 1. The van der Waals surface area contributed by atoms with Gasteiger partial charge < -0.3 is 55.8 Å². The summed E-state index contributed by atoms with van der Waals surface area (Å²) < 4.78 is 19.8. The standard InChI is InChI=1S/C35H38N6O2.C26H28N4O.C25H25ClN4O.C25H25FN4O/c1-2-32(42)23-26-8-6-9-27(22-26)33-25-34(36-28-12-14-30(15-13-28)41-18-20-43-21-19-41)39-35(38-33)37-29-10-7-11-31(24-29)40-16-4-3-5-17-40;1-3-24(31)17-20-9-7-10-21(16-20)25-15-19(2)27-26(29-25)28-22-11-8-12-23(18-22)30-13-5-4-6-14-30;2*1-2-22(31)15-18-8-6-9-19(14-18)23-17-24(26)29-25(28-23)27-20-10-7-11-21(16-20)30-12-4-3-5-13-30/h2,6-15,22,24-25H,1,3-5,16-21,23H2,(H2,36,37,38,39);3,7-12,15-16,18H,1,4-6,13-14,17H2,2H3,(H,27,28,29);2*2,6-11,14,16-17H,1,3-5,12-13,15H2,(H,27,28,29). The molecule has 136 heavy (non-hydrogen) atoms. The van der Waals surface area contributed by atoms with Gasteiger partial charge in [0.05, 0.1) is 36.0 Å². The topological polar surface area (TPSA) is 257 Å². The number of ketones is 4. The first-order chi connectivity index (χ1) is 66.4. The first kappa shape index (κ1) is 95.7. The summed E-state index contributed by atoms with van der Waals surface area (Å²) in [6.45, 7) is 28.1. The fourth-order valence-corrected chi connectivity index (χ4v) is 17.3. The molecule has 5 N–H and O–H groups in total. The first-order valence-electron chi connectivity index (χ1n) is 46.9. The summed E-state index contributed by atoms with van der Waals surface area (Å²) in [4.78, 5) is 95.6. The average Bonchev–Trinajstić information content (AvgIpc) is 0.819. The van der Waals surface area contributed by atoms with Crippen molar-refractivity contribution in [1.29, 1.82) is 0 Å². The number of anilines is 15. The predicted molar refractivity (Wildman–Crippen MR) is 551 cm³/mol. The van der Waals surface area contributed by atoms with Gasteiger partial charge in [-0.1, -0.05) is 135 Å². The number of halogens is 2. The molecule has 0 saturated carbocycles. The van der Waals surface area contributed by atoms with Crippen LogP contribution in [0.5, 0.6) is 0 Å². The van der Waals surface area contributed by atoms with Crippen molar-refractivity contribution in [3.8, 4) is 45.0 Å². The van der Waals surface area contributed by atoms with Crippen LogP contribution in [-0.2, 0) is 49.6 Å². The summed E-state index contributed by atoms with van der Waals surface area (Å²) >= 11 is 6.30. The smallest absolute Gasteiger partial charge is 0.230 e. The van der Waals surface area contributed by atoms with Crippen molar-refractivity contribution in [3.05, 3.63) is 332 Å². The summed E-state index contributed by atoms with van der Waals surface area (Å²) in [5.41, 5.74) is 21.2. The van der Waals surface area contributed by atoms with Crippen molar-refractivity contribution in [2.45, 2.75) is 110 Å². The first-order valence-corrected chi connectivity index (χ1v) is 47.3. The number of morpholine rings is 1. The maximum absolute atomic E-state index is 14.3. The number of aryl methyl sites for hydroxylation is 1.